The van der Waals surface area contributed by atoms with Crippen LogP contribution in [0.3, 0.4) is 0 Å². The van der Waals surface area contributed by atoms with Crippen LogP contribution in [-0.4, -0.2) is 19.7 Å². The van der Waals surface area contributed by atoms with Gasteiger partial charge in [-0.2, -0.15) is 0 Å². The minimum atomic E-state index is -0.325. The number of rotatable bonds is 2. The molecule has 0 aromatic heterocycles. The number of hydrogen-bond donors (Lipinski definition) is 0. The summed E-state index contributed by atoms with van der Waals surface area (Å²) < 4.78 is 16.7. The lowest BCUT2D eigenvalue weighted by atomic mass is 9.75. The van der Waals surface area contributed by atoms with E-state index in [0.29, 0.717) is 6.61 Å². The first-order valence-electron chi connectivity index (χ1n) is 7.84. The van der Waals surface area contributed by atoms with E-state index in [-0.39, 0.29) is 23.9 Å². The number of carbonyl (C=O) groups is 1. The molecule has 118 valence electrons. The Balaban J connectivity index is 1.77. The molecule has 2 aliphatic rings. The van der Waals surface area contributed by atoms with Crippen LogP contribution in [0.2, 0.25) is 0 Å². The van der Waals surface area contributed by atoms with Gasteiger partial charge in [-0.05, 0) is 35.7 Å². The van der Waals surface area contributed by atoms with Crippen LogP contribution in [0.5, 0.6) is 11.5 Å². The molecule has 0 spiro atoms. The molecule has 2 aromatic rings. The first-order valence-corrected chi connectivity index (χ1v) is 7.84. The van der Waals surface area contributed by atoms with Crippen molar-refractivity contribution >= 4 is 5.97 Å². The SMILES string of the molecule is COc1ccc([C@@H]2Oc3ccccc3[C@@H]3CCOC(=O)[C@H]32)cc1. The molecular formula is C19H18O4. The molecule has 2 aliphatic heterocycles. The van der Waals surface area contributed by atoms with Crippen molar-refractivity contribution in [2.24, 2.45) is 5.92 Å². The van der Waals surface area contributed by atoms with E-state index in [1.165, 1.54) is 0 Å². The highest BCUT2D eigenvalue weighted by molar-refractivity contribution is 5.76. The minimum absolute atomic E-state index is 0.147. The Kier molecular flexibility index (Phi) is 3.45. The molecule has 0 aliphatic carbocycles. The van der Waals surface area contributed by atoms with Gasteiger partial charge in [0.05, 0.1) is 13.7 Å². The molecule has 0 radical (unpaired) electrons. The van der Waals surface area contributed by atoms with Gasteiger partial charge in [-0.15, -0.1) is 0 Å². The third-order valence-electron chi connectivity index (χ3n) is 4.72. The summed E-state index contributed by atoms with van der Waals surface area (Å²) in [6, 6.07) is 15.7. The molecular weight excluding hydrogens is 292 g/mol. The highest BCUT2D eigenvalue weighted by atomic mass is 16.5. The van der Waals surface area contributed by atoms with E-state index in [1.54, 1.807) is 7.11 Å². The lowest BCUT2D eigenvalue weighted by Gasteiger charge is -2.40. The predicted octanol–water partition coefficient (Wildman–Crippen LogP) is 3.48. The Hall–Kier alpha value is -2.49. The second-order valence-electron chi connectivity index (χ2n) is 5.94. The lowest BCUT2D eigenvalue weighted by Crippen LogP contribution is -2.40. The zero-order chi connectivity index (χ0) is 15.8. The van der Waals surface area contributed by atoms with E-state index >= 15 is 0 Å². The second kappa shape index (κ2) is 5.61. The maximum absolute atomic E-state index is 12.4. The van der Waals surface area contributed by atoms with Gasteiger partial charge in [-0.1, -0.05) is 30.3 Å². The predicted molar refractivity (Wildman–Crippen MR) is 84.6 cm³/mol. The third-order valence-corrected chi connectivity index (χ3v) is 4.72. The molecule has 0 N–H and O–H groups in total. The fourth-order valence-corrected chi connectivity index (χ4v) is 3.58. The van der Waals surface area contributed by atoms with Gasteiger partial charge in [-0.25, -0.2) is 0 Å². The van der Waals surface area contributed by atoms with Gasteiger partial charge in [0.25, 0.3) is 0 Å². The van der Waals surface area contributed by atoms with Crippen molar-refractivity contribution in [3.8, 4) is 11.5 Å². The van der Waals surface area contributed by atoms with Crippen molar-refractivity contribution in [2.45, 2.75) is 18.4 Å². The molecule has 0 saturated carbocycles. The molecule has 1 saturated heterocycles. The Morgan fingerprint density at radius 2 is 1.87 bits per heavy atom. The van der Waals surface area contributed by atoms with Crippen molar-refractivity contribution in [2.75, 3.05) is 13.7 Å². The van der Waals surface area contributed by atoms with Gasteiger partial charge < -0.3 is 14.2 Å². The van der Waals surface area contributed by atoms with Crippen LogP contribution >= 0.6 is 0 Å². The first kappa shape index (κ1) is 14.1. The van der Waals surface area contributed by atoms with Gasteiger partial charge in [0.1, 0.15) is 23.5 Å². The molecule has 4 heteroatoms. The quantitative estimate of drug-likeness (QED) is 0.797. The Morgan fingerprint density at radius 1 is 1.09 bits per heavy atom. The summed E-state index contributed by atoms with van der Waals surface area (Å²) in [4.78, 5) is 12.4. The molecule has 2 heterocycles. The molecule has 0 amide bonds. The second-order valence-corrected chi connectivity index (χ2v) is 5.94. The number of para-hydroxylation sites is 1. The number of ether oxygens (including phenoxy) is 3. The number of carbonyl (C=O) groups excluding carboxylic acids is 1. The van der Waals surface area contributed by atoms with Crippen LogP contribution in [0.4, 0.5) is 0 Å². The number of hydrogen-bond acceptors (Lipinski definition) is 4. The van der Waals surface area contributed by atoms with E-state index in [9.17, 15) is 4.79 Å². The van der Waals surface area contributed by atoms with Gasteiger partial charge in [0.15, 0.2) is 0 Å². The number of methoxy groups -OCH3 is 1. The molecule has 4 nitrogen and oxygen atoms in total. The first-order chi connectivity index (χ1) is 11.3. The smallest absolute Gasteiger partial charge is 0.313 e. The molecule has 0 unspecified atom stereocenters. The van der Waals surface area contributed by atoms with Crippen LogP contribution in [0, 0.1) is 5.92 Å². The standard InChI is InChI=1S/C19H18O4/c1-21-13-8-6-12(7-9-13)18-17-15(10-11-22-19(17)20)14-4-2-3-5-16(14)23-18/h2-9,15,17-18H,10-11H2,1H3/t15-,17+,18-/m0/s1. The van der Waals surface area contributed by atoms with Crippen LogP contribution in [0.1, 0.15) is 29.6 Å². The highest BCUT2D eigenvalue weighted by Gasteiger charge is 2.46. The topological polar surface area (TPSA) is 44.8 Å². The maximum Gasteiger partial charge on any atom is 0.313 e. The van der Waals surface area contributed by atoms with E-state index in [4.69, 9.17) is 14.2 Å². The van der Waals surface area contributed by atoms with E-state index in [1.807, 2.05) is 42.5 Å². The third kappa shape index (κ3) is 2.34. The minimum Gasteiger partial charge on any atom is -0.497 e. The molecule has 3 atom stereocenters. The average Bonchev–Trinajstić information content (AvgIpc) is 2.61. The van der Waals surface area contributed by atoms with Gasteiger partial charge in [0, 0.05) is 5.92 Å². The van der Waals surface area contributed by atoms with Crippen LogP contribution in [-0.2, 0) is 9.53 Å². The summed E-state index contributed by atoms with van der Waals surface area (Å²) in [6.45, 7) is 0.476. The monoisotopic (exact) mass is 310 g/mol. The van der Waals surface area contributed by atoms with Crippen LogP contribution in [0.15, 0.2) is 48.5 Å². The molecule has 1 fully saturated rings. The van der Waals surface area contributed by atoms with E-state index in [0.717, 1.165) is 29.0 Å². The number of esters is 1. The fourth-order valence-electron chi connectivity index (χ4n) is 3.58. The zero-order valence-electron chi connectivity index (χ0n) is 12.9. The van der Waals surface area contributed by atoms with Crippen molar-refractivity contribution in [3.05, 3.63) is 59.7 Å². The molecule has 23 heavy (non-hydrogen) atoms. The van der Waals surface area contributed by atoms with Crippen molar-refractivity contribution in [3.63, 3.8) is 0 Å². The van der Waals surface area contributed by atoms with Gasteiger partial charge in [-0.3, -0.25) is 4.79 Å². The molecule has 4 rings (SSSR count). The number of fused-ring (bicyclic) bond motifs is 3. The summed E-state index contributed by atoms with van der Waals surface area (Å²) in [6.07, 6.45) is 0.511. The van der Waals surface area contributed by atoms with E-state index < -0.39 is 0 Å². The maximum atomic E-state index is 12.4. The summed E-state index contributed by atoms with van der Waals surface area (Å²) in [5.74, 6) is 1.33. The zero-order valence-corrected chi connectivity index (χ0v) is 12.9. The molecule has 0 bridgehead atoms. The van der Waals surface area contributed by atoms with Crippen molar-refractivity contribution < 1.29 is 19.0 Å². The largest absolute Gasteiger partial charge is 0.497 e. The Labute approximate surface area is 135 Å². The summed E-state index contributed by atoms with van der Waals surface area (Å²) in [7, 11) is 1.64. The summed E-state index contributed by atoms with van der Waals surface area (Å²) >= 11 is 0. The Morgan fingerprint density at radius 3 is 2.65 bits per heavy atom. The van der Waals surface area contributed by atoms with Gasteiger partial charge in [0.2, 0.25) is 0 Å². The van der Waals surface area contributed by atoms with Crippen molar-refractivity contribution in [1.82, 2.24) is 0 Å². The fraction of sp³-hybridized carbons (Fsp3) is 0.316. The van der Waals surface area contributed by atoms with Crippen molar-refractivity contribution in [1.29, 1.82) is 0 Å². The normalized spacial score (nSPS) is 25.6. The van der Waals surface area contributed by atoms with Crippen LogP contribution < -0.4 is 9.47 Å². The summed E-state index contributed by atoms with van der Waals surface area (Å²) in [5, 5.41) is 0. The van der Waals surface area contributed by atoms with E-state index in [2.05, 4.69) is 6.07 Å². The molecule has 2 aromatic carbocycles. The Bertz CT molecular complexity index is 722. The number of benzene rings is 2. The number of cyclic esters (lactones) is 1. The summed E-state index contributed by atoms with van der Waals surface area (Å²) in [5.41, 5.74) is 2.08. The highest BCUT2D eigenvalue weighted by Crippen LogP contribution is 2.49. The van der Waals surface area contributed by atoms with Crippen LogP contribution in [0.25, 0.3) is 0 Å². The lowest BCUT2D eigenvalue weighted by molar-refractivity contribution is -0.160. The van der Waals surface area contributed by atoms with Gasteiger partial charge >= 0.3 is 5.97 Å². The average molecular weight is 310 g/mol.